The number of rotatable bonds is 6. The van der Waals surface area contributed by atoms with Crippen LogP contribution in [0.3, 0.4) is 0 Å². The molecule has 0 spiro atoms. The third-order valence-corrected chi connectivity index (χ3v) is 3.45. The van der Waals surface area contributed by atoms with Gasteiger partial charge in [0.2, 0.25) is 5.82 Å². The molecular formula is C17H15N5O3. The molecule has 8 nitrogen and oxygen atoms in total. The molecule has 3 rings (SSSR count). The van der Waals surface area contributed by atoms with Crippen molar-refractivity contribution in [3.63, 3.8) is 0 Å². The molecular weight excluding hydrogens is 322 g/mol. The zero-order chi connectivity index (χ0) is 17.6. The highest BCUT2D eigenvalue weighted by atomic mass is 16.6. The van der Waals surface area contributed by atoms with E-state index < -0.39 is 4.92 Å². The van der Waals surface area contributed by atoms with Crippen molar-refractivity contribution in [2.24, 2.45) is 5.10 Å². The van der Waals surface area contributed by atoms with Gasteiger partial charge in [0.15, 0.2) is 0 Å². The quantitative estimate of drug-likeness (QED) is 0.423. The molecule has 0 aliphatic rings. The topological polar surface area (TPSA) is 94.6 Å². The Hall–Kier alpha value is -3.68. The van der Waals surface area contributed by atoms with E-state index in [1.807, 2.05) is 47.3 Å². The monoisotopic (exact) mass is 337 g/mol. The summed E-state index contributed by atoms with van der Waals surface area (Å²) in [4.78, 5) is 14.3. The Morgan fingerprint density at radius 2 is 2.08 bits per heavy atom. The summed E-state index contributed by atoms with van der Waals surface area (Å²) in [6.45, 7) is 0. The standard InChI is InChI=1S/C17H15N5O3/c1-25-15-6-4-14(5-7-15)21-10-8-13(12-21)11-19-20-17-16(22(23)24)3-2-9-18-17/h2-12H,1H3,(H,18,20)/b19-11-. The number of hydrogen-bond acceptors (Lipinski definition) is 6. The van der Waals surface area contributed by atoms with Gasteiger partial charge in [0.25, 0.3) is 0 Å². The highest BCUT2D eigenvalue weighted by Gasteiger charge is 2.12. The van der Waals surface area contributed by atoms with Gasteiger partial charge in [-0.1, -0.05) is 0 Å². The van der Waals surface area contributed by atoms with Crippen molar-refractivity contribution in [3.8, 4) is 11.4 Å². The number of nitrogens with one attached hydrogen (secondary N) is 1. The van der Waals surface area contributed by atoms with Crippen LogP contribution in [0, 0.1) is 10.1 Å². The van der Waals surface area contributed by atoms with Gasteiger partial charge in [-0.2, -0.15) is 5.10 Å². The highest BCUT2D eigenvalue weighted by molar-refractivity contribution is 5.80. The van der Waals surface area contributed by atoms with Crippen LogP contribution in [-0.2, 0) is 0 Å². The third-order valence-electron chi connectivity index (χ3n) is 3.45. The van der Waals surface area contributed by atoms with Crippen molar-refractivity contribution >= 4 is 17.7 Å². The largest absolute Gasteiger partial charge is 0.497 e. The first-order valence-electron chi connectivity index (χ1n) is 7.38. The Kier molecular flexibility index (Phi) is 4.70. The number of benzene rings is 1. The molecule has 0 radical (unpaired) electrons. The number of ether oxygens (including phenoxy) is 1. The lowest BCUT2D eigenvalue weighted by molar-refractivity contribution is -0.384. The van der Waals surface area contributed by atoms with E-state index in [1.165, 1.54) is 18.3 Å². The highest BCUT2D eigenvalue weighted by Crippen LogP contribution is 2.20. The third kappa shape index (κ3) is 3.81. The molecule has 2 aromatic heterocycles. The van der Waals surface area contributed by atoms with Crippen LogP contribution in [0.25, 0.3) is 5.69 Å². The number of nitro groups is 1. The van der Waals surface area contributed by atoms with Gasteiger partial charge in [-0.25, -0.2) is 4.98 Å². The van der Waals surface area contributed by atoms with Gasteiger partial charge in [0, 0.05) is 35.9 Å². The molecule has 0 saturated carbocycles. The number of hydrazone groups is 1. The van der Waals surface area contributed by atoms with Gasteiger partial charge in [-0.05, 0) is 36.4 Å². The molecule has 0 fully saturated rings. The van der Waals surface area contributed by atoms with Crippen LogP contribution in [0.2, 0.25) is 0 Å². The summed E-state index contributed by atoms with van der Waals surface area (Å²) in [6.07, 6.45) is 6.82. The smallest absolute Gasteiger partial charge is 0.313 e. The predicted octanol–water partition coefficient (Wildman–Crippen LogP) is 3.24. The van der Waals surface area contributed by atoms with E-state index in [1.54, 1.807) is 13.3 Å². The number of methoxy groups -OCH3 is 1. The fraction of sp³-hybridized carbons (Fsp3) is 0.0588. The van der Waals surface area contributed by atoms with Crippen LogP contribution < -0.4 is 10.2 Å². The van der Waals surface area contributed by atoms with Crippen molar-refractivity contribution < 1.29 is 9.66 Å². The minimum absolute atomic E-state index is 0.0957. The maximum Gasteiger partial charge on any atom is 0.313 e. The summed E-state index contributed by atoms with van der Waals surface area (Å²) < 4.78 is 7.07. The summed E-state index contributed by atoms with van der Waals surface area (Å²) >= 11 is 0. The molecule has 0 saturated heterocycles. The number of nitrogens with zero attached hydrogens (tertiary/aromatic N) is 4. The first-order valence-corrected chi connectivity index (χ1v) is 7.38. The second kappa shape index (κ2) is 7.26. The summed E-state index contributed by atoms with van der Waals surface area (Å²) in [5.74, 6) is 0.886. The fourth-order valence-electron chi connectivity index (χ4n) is 2.20. The summed E-state index contributed by atoms with van der Waals surface area (Å²) in [5, 5.41) is 14.9. The maximum absolute atomic E-state index is 10.9. The molecule has 0 atom stereocenters. The number of aromatic nitrogens is 2. The Morgan fingerprint density at radius 1 is 1.28 bits per heavy atom. The molecule has 0 bridgehead atoms. The molecule has 25 heavy (non-hydrogen) atoms. The summed E-state index contributed by atoms with van der Waals surface area (Å²) in [5.41, 5.74) is 4.28. The Balaban J connectivity index is 1.71. The molecule has 2 heterocycles. The average molecular weight is 337 g/mol. The molecule has 1 aromatic carbocycles. The average Bonchev–Trinajstić information content (AvgIpc) is 3.11. The van der Waals surface area contributed by atoms with E-state index >= 15 is 0 Å². The van der Waals surface area contributed by atoms with Crippen molar-refractivity contribution in [1.29, 1.82) is 0 Å². The number of hydrogen-bond donors (Lipinski definition) is 1. The first-order chi connectivity index (χ1) is 12.2. The van der Waals surface area contributed by atoms with Crippen LogP contribution in [-0.4, -0.2) is 27.8 Å². The van der Waals surface area contributed by atoms with Gasteiger partial charge in [0.05, 0.1) is 18.2 Å². The van der Waals surface area contributed by atoms with Crippen molar-refractivity contribution in [2.45, 2.75) is 0 Å². The zero-order valence-corrected chi connectivity index (χ0v) is 13.4. The van der Waals surface area contributed by atoms with E-state index in [-0.39, 0.29) is 11.5 Å². The molecule has 0 amide bonds. The van der Waals surface area contributed by atoms with Crippen molar-refractivity contribution in [3.05, 3.63) is 76.7 Å². The lowest BCUT2D eigenvalue weighted by Crippen LogP contribution is -1.98. The van der Waals surface area contributed by atoms with Gasteiger partial charge in [-0.3, -0.25) is 15.5 Å². The van der Waals surface area contributed by atoms with E-state index in [4.69, 9.17) is 4.74 Å². The molecule has 0 unspecified atom stereocenters. The van der Waals surface area contributed by atoms with Crippen LogP contribution in [0.1, 0.15) is 5.56 Å². The SMILES string of the molecule is COc1ccc(-n2ccc(/C=N\Nc3ncccc3[N+](=O)[O-])c2)cc1. The van der Waals surface area contributed by atoms with Crippen LogP contribution >= 0.6 is 0 Å². The Labute approximate surface area is 143 Å². The molecule has 1 N–H and O–H groups in total. The minimum atomic E-state index is -0.509. The van der Waals surface area contributed by atoms with E-state index in [0.29, 0.717) is 0 Å². The molecule has 0 aliphatic heterocycles. The van der Waals surface area contributed by atoms with Crippen molar-refractivity contribution in [2.75, 3.05) is 12.5 Å². The van der Waals surface area contributed by atoms with E-state index in [2.05, 4.69) is 15.5 Å². The fourth-order valence-corrected chi connectivity index (χ4v) is 2.20. The first kappa shape index (κ1) is 16.2. The van der Waals surface area contributed by atoms with Gasteiger partial charge < -0.3 is 9.30 Å². The lowest BCUT2D eigenvalue weighted by Gasteiger charge is -2.04. The minimum Gasteiger partial charge on any atom is -0.497 e. The molecule has 126 valence electrons. The molecule has 8 heteroatoms. The van der Waals surface area contributed by atoms with E-state index in [0.717, 1.165) is 17.0 Å². The molecule has 3 aromatic rings. The van der Waals surface area contributed by atoms with E-state index in [9.17, 15) is 10.1 Å². The lowest BCUT2D eigenvalue weighted by atomic mass is 10.3. The zero-order valence-electron chi connectivity index (χ0n) is 13.4. The number of anilines is 1. The maximum atomic E-state index is 10.9. The second-order valence-electron chi connectivity index (χ2n) is 5.05. The van der Waals surface area contributed by atoms with Gasteiger partial charge in [0.1, 0.15) is 5.75 Å². The van der Waals surface area contributed by atoms with Gasteiger partial charge >= 0.3 is 5.69 Å². The second-order valence-corrected chi connectivity index (χ2v) is 5.05. The van der Waals surface area contributed by atoms with Gasteiger partial charge in [-0.15, -0.1) is 0 Å². The Bertz CT molecular complexity index is 903. The normalized spacial score (nSPS) is 10.8. The molecule has 0 aliphatic carbocycles. The van der Waals surface area contributed by atoms with Crippen LogP contribution in [0.15, 0.2) is 66.2 Å². The predicted molar refractivity (Wildman–Crippen MR) is 94.4 cm³/mol. The summed E-state index contributed by atoms with van der Waals surface area (Å²) in [6, 6.07) is 12.4. The Morgan fingerprint density at radius 3 is 2.80 bits per heavy atom. The van der Waals surface area contributed by atoms with Crippen LogP contribution in [0.4, 0.5) is 11.5 Å². The van der Waals surface area contributed by atoms with Crippen molar-refractivity contribution in [1.82, 2.24) is 9.55 Å². The summed E-state index contributed by atoms with van der Waals surface area (Å²) in [7, 11) is 1.62. The number of pyridine rings is 1. The van der Waals surface area contributed by atoms with Crippen LogP contribution in [0.5, 0.6) is 5.75 Å².